The quantitative estimate of drug-likeness (QED) is 0.530. The van der Waals surface area contributed by atoms with Gasteiger partial charge < -0.3 is 24.1 Å². The van der Waals surface area contributed by atoms with E-state index in [0.717, 1.165) is 11.1 Å². The van der Waals surface area contributed by atoms with Gasteiger partial charge in [0.2, 0.25) is 0 Å². The summed E-state index contributed by atoms with van der Waals surface area (Å²) in [5.74, 6) is 0.370. The van der Waals surface area contributed by atoms with Crippen molar-refractivity contribution >= 4 is 24.6 Å². The standard InChI is InChI=1S/C13H12FNO3.C6H7BNO2/c1-2-17-13(16)11-5-8-10(15-11)6-9(14)7-3-4-18-12(7)8;1-5-6(10-7-9)3-2-4-8-5/h5-6,15H,2-4H2,1H3;2-4,9H,1H3. The maximum Gasteiger partial charge on any atom is 0.569 e. The minimum Gasteiger partial charge on any atom is -0.536 e. The smallest absolute Gasteiger partial charge is 0.536 e. The predicted octanol–water partition coefficient (Wildman–Crippen LogP) is 2.71. The fraction of sp³-hybridized carbons (Fsp3) is 0.263. The Morgan fingerprint density at radius 1 is 1.46 bits per heavy atom. The Morgan fingerprint density at radius 3 is 3.00 bits per heavy atom. The summed E-state index contributed by atoms with van der Waals surface area (Å²) in [4.78, 5) is 18.4. The summed E-state index contributed by atoms with van der Waals surface area (Å²) in [6.07, 6.45) is 2.23. The first-order valence-corrected chi connectivity index (χ1v) is 8.73. The highest BCUT2D eigenvalue weighted by molar-refractivity contribution is 6.17. The molecule has 9 heteroatoms. The summed E-state index contributed by atoms with van der Waals surface area (Å²) in [5, 5.41) is 9.00. The van der Waals surface area contributed by atoms with Gasteiger partial charge in [0.1, 0.15) is 23.0 Å². The number of ether oxygens (including phenoxy) is 2. The first-order chi connectivity index (χ1) is 13.5. The number of hydrogen-bond donors (Lipinski definition) is 2. The second kappa shape index (κ2) is 8.75. The SMILES string of the molecule is CCOC(=O)c1cc2c3c(c(F)cc2[nH]1)CCO3.Cc1ncccc1O[B]O. The van der Waals surface area contributed by atoms with Crippen LogP contribution in [0.15, 0.2) is 30.5 Å². The van der Waals surface area contributed by atoms with Crippen LogP contribution >= 0.6 is 0 Å². The van der Waals surface area contributed by atoms with Crippen LogP contribution in [0.2, 0.25) is 0 Å². The highest BCUT2D eigenvalue weighted by Crippen LogP contribution is 2.36. The number of hydrogen-bond acceptors (Lipinski definition) is 6. The lowest BCUT2D eigenvalue weighted by molar-refractivity contribution is 0.0520. The molecule has 1 aromatic carbocycles. The van der Waals surface area contributed by atoms with Crippen LogP contribution in [-0.4, -0.2) is 41.9 Å². The van der Waals surface area contributed by atoms with Crippen molar-refractivity contribution < 1.29 is 28.3 Å². The van der Waals surface area contributed by atoms with Crippen molar-refractivity contribution in [1.29, 1.82) is 0 Å². The Morgan fingerprint density at radius 2 is 2.29 bits per heavy atom. The van der Waals surface area contributed by atoms with Crippen LogP contribution in [0.25, 0.3) is 10.9 Å². The first-order valence-electron chi connectivity index (χ1n) is 8.73. The molecule has 1 aliphatic heterocycles. The molecular formula is C19H19BFN2O5. The van der Waals surface area contributed by atoms with Gasteiger partial charge in [0.25, 0.3) is 0 Å². The molecule has 0 bridgehead atoms. The molecule has 1 radical (unpaired) electrons. The monoisotopic (exact) mass is 385 g/mol. The van der Waals surface area contributed by atoms with Crippen LogP contribution in [0.1, 0.15) is 28.7 Å². The number of pyridine rings is 1. The van der Waals surface area contributed by atoms with Gasteiger partial charge in [-0.2, -0.15) is 0 Å². The molecule has 0 unspecified atom stereocenters. The van der Waals surface area contributed by atoms with Crippen molar-refractivity contribution in [1.82, 2.24) is 9.97 Å². The average Bonchev–Trinajstić information content (AvgIpc) is 3.32. The fourth-order valence-electron chi connectivity index (χ4n) is 2.88. The van der Waals surface area contributed by atoms with Crippen LogP contribution < -0.4 is 9.39 Å². The minimum atomic E-state index is -0.444. The van der Waals surface area contributed by atoms with Crippen LogP contribution in [0.5, 0.6) is 11.5 Å². The van der Waals surface area contributed by atoms with Crippen LogP contribution in [0.3, 0.4) is 0 Å². The van der Waals surface area contributed by atoms with E-state index in [-0.39, 0.29) is 5.82 Å². The van der Waals surface area contributed by atoms with E-state index in [0.29, 0.717) is 55.6 Å². The van der Waals surface area contributed by atoms with Gasteiger partial charge in [-0.3, -0.25) is 4.98 Å². The lowest BCUT2D eigenvalue weighted by Crippen LogP contribution is -2.04. The van der Waals surface area contributed by atoms with Crippen molar-refractivity contribution in [2.45, 2.75) is 20.3 Å². The van der Waals surface area contributed by atoms with E-state index in [1.807, 2.05) is 0 Å². The van der Waals surface area contributed by atoms with Gasteiger partial charge in [-0.05, 0) is 38.1 Å². The molecule has 2 N–H and O–H groups in total. The van der Waals surface area contributed by atoms with Crippen molar-refractivity contribution in [2.75, 3.05) is 13.2 Å². The van der Waals surface area contributed by atoms with Crippen LogP contribution in [0.4, 0.5) is 4.39 Å². The summed E-state index contributed by atoms with van der Waals surface area (Å²) < 4.78 is 28.8. The van der Waals surface area contributed by atoms with Crippen molar-refractivity contribution in [2.24, 2.45) is 0 Å². The molecule has 7 nitrogen and oxygen atoms in total. The van der Waals surface area contributed by atoms with E-state index in [4.69, 9.17) is 19.2 Å². The molecule has 145 valence electrons. The molecule has 2 aromatic heterocycles. The third-order valence-electron chi connectivity index (χ3n) is 4.16. The van der Waals surface area contributed by atoms with Crippen LogP contribution in [-0.2, 0) is 11.2 Å². The lowest BCUT2D eigenvalue weighted by Gasteiger charge is -2.01. The number of carbonyl (C=O) groups excluding carboxylic acids is 1. The van der Waals surface area contributed by atoms with E-state index >= 15 is 0 Å². The summed E-state index contributed by atoms with van der Waals surface area (Å²) in [6.45, 7) is 4.32. The Hall–Kier alpha value is -3.07. The summed E-state index contributed by atoms with van der Waals surface area (Å²) >= 11 is 0. The maximum atomic E-state index is 13.8. The van der Waals surface area contributed by atoms with Crippen molar-refractivity contribution in [3.63, 3.8) is 0 Å². The van der Waals surface area contributed by atoms with Crippen molar-refractivity contribution in [3.8, 4) is 11.5 Å². The predicted molar refractivity (Wildman–Crippen MR) is 101 cm³/mol. The topological polar surface area (TPSA) is 93.7 Å². The minimum absolute atomic E-state index is 0.299. The number of aromatic nitrogens is 2. The Kier molecular flexibility index (Phi) is 6.15. The molecule has 0 saturated carbocycles. The number of carbonyl (C=O) groups is 1. The molecule has 0 amide bonds. The number of nitrogens with one attached hydrogen (secondary N) is 1. The second-order valence-electron chi connectivity index (χ2n) is 5.94. The third kappa shape index (κ3) is 4.09. The zero-order chi connectivity index (χ0) is 20.1. The van der Waals surface area contributed by atoms with E-state index in [2.05, 4.69) is 9.97 Å². The fourth-order valence-corrected chi connectivity index (χ4v) is 2.88. The molecule has 0 aliphatic carbocycles. The molecule has 0 spiro atoms. The van der Waals surface area contributed by atoms with Crippen molar-refractivity contribution in [3.05, 3.63) is 53.2 Å². The largest absolute Gasteiger partial charge is 0.569 e. The number of rotatable bonds is 4. The number of halogens is 1. The number of fused-ring (bicyclic) bond motifs is 3. The molecule has 0 atom stereocenters. The molecule has 0 fully saturated rings. The van der Waals surface area contributed by atoms with E-state index in [9.17, 15) is 9.18 Å². The summed E-state index contributed by atoms with van der Waals surface area (Å²) in [6, 6.07) is 6.52. The van der Waals surface area contributed by atoms with Gasteiger partial charge in [-0.1, -0.05) is 0 Å². The van der Waals surface area contributed by atoms with Gasteiger partial charge in [0.05, 0.1) is 24.4 Å². The van der Waals surface area contributed by atoms with Gasteiger partial charge in [-0.15, -0.1) is 0 Å². The highest BCUT2D eigenvalue weighted by Gasteiger charge is 2.22. The van der Waals surface area contributed by atoms with E-state index in [1.165, 1.54) is 6.07 Å². The summed E-state index contributed by atoms with van der Waals surface area (Å²) in [7, 11) is 0.643. The maximum absolute atomic E-state index is 13.8. The second-order valence-corrected chi connectivity index (χ2v) is 5.94. The third-order valence-corrected chi connectivity index (χ3v) is 4.16. The average molecular weight is 385 g/mol. The molecule has 0 saturated heterocycles. The molecule has 1 aliphatic rings. The Labute approximate surface area is 161 Å². The molecular weight excluding hydrogens is 366 g/mol. The number of H-pyrrole nitrogens is 1. The highest BCUT2D eigenvalue weighted by atomic mass is 19.1. The first kappa shape index (κ1) is 19.7. The van der Waals surface area contributed by atoms with Gasteiger partial charge in [0, 0.05) is 23.6 Å². The number of esters is 1. The lowest BCUT2D eigenvalue weighted by atomic mass is 10.1. The van der Waals surface area contributed by atoms with Gasteiger partial charge >= 0.3 is 13.7 Å². The van der Waals surface area contributed by atoms with Crippen LogP contribution in [0, 0.1) is 12.7 Å². The molecule has 4 rings (SSSR count). The summed E-state index contributed by atoms with van der Waals surface area (Å²) in [5.41, 5.74) is 2.20. The van der Waals surface area contributed by atoms with E-state index < -0.39 is 5.97 Å². The van der Waals surface area contributed by atoms with Gasteiger partial charge in [0.15, 0.2) is 0 Å². The zero-order valence-electron chi connectivity index (χ0n) is 15.5. The zero-order valence-corrected chi connectivity index (χ0v) is 15.5. The number of benzene rings is 1. The normalized spacial score (nSPS) is 11.9. The Bertz CT molecular complexity index is 992. The molecule has 3 heterocycles. The number of aromatic amines is 1. The molecule has 28 heavy (non-hydrogen) atoms. The molecule has 3 aromatic rings. The Balaban J connectivity index is 0.000000192. The number of aryl methyl sites for hydroxylation is 1. The van der Waals surface area contributed by atoms with E-state index in [1.54, 1.807) is 38.2 Å². The number of nitrogens with zero attached hydrogens (tertiary/aromatic N) is 1. The van der Waals surface area contributed by atoms with Gasteiger partial charge in [-0.25, -0.2) is 9.18 Å².